The monoisotopic (exact) mass is 312 g/mol. The molecule has 1 amide bonds. The van der Waals surface area contributed by atoms with Crippen molar-refractivity contribution < 1.29 is 9.53 Å². The molecule has 1 aliphatic rings. The zero-order valence-corrected chi connectivity index (χ0v) is 13.6. The lowest BCUT2D eigenvalue weighted by Crippen LogP contribution is -2.49. The zero-order valence-electron chi connectivity index (χ0n) is 12.7. The summed E-state index contributed by atoms with van der Waals surface area (Å²) in [6.07, 6.45) is 1.80. The van der Waals surface area contributed by atoms with E-state index in [9.17, 15) is 4.79 Å². The van der Waals surface area contributed by atoms with Gasteiger partial charge < -0.3 is 15.0 Å². The molecule has 1 aromatic rings. The smallest absolute Gasteiger partial charge is 0.410 e. The Bertz CT molecular complexity index is 420. The van der Waals surface area contributed by atoms with Gasteiger partial charge >= 0.3 is 6.09 Å². The second-order valence-corrected chi connectivity index (χ2v) is 5.52. The van der Waals surface area contributed by atoms with E-state index in [2.05, 4.69) is 5.32 Å². The van der Waals surface area contributed by atoms with E-state index in [0.717, 1.165) is 31.5 Å². The summed E-state index contributed by atoms with van der Waals surface area (Å²) < 4.78 is 5.47. The normalized spacial score (nSPS) is 15.4. The summed E-state index contributed by atoms with van der Waals surface area (Å²) in [6, 6.07) is 10.3. The molecule has 1 aliphatic heterocycles. The van der Waals surface area contributed by atoms with Crippen molar-refractivity contribution in [3.05, 3.63) is 35.9 Å². The maximum Gasteiger partial charge on any atom is 0.410 e. The lowest BCUT2D eigenvalue weighted by Gasteiger charge is -2.36. The molecule has 1 aromatic carbocycles. The average molecular weight is 313 g/mol. The highest BCUT2D eigenvalue weighted by atomic mass is 35.5. The molecule has 1 heterocycles. The van der Waals surface area contributed by atoms with Crippen molar-refractivity contribution in [3.8, 4) is 0 Å². The van der Waals surface area contributed by atoms with Crippen LogP contribution in [0.2, 0.25) is 0 Å². The molecule has 118 valence electrons. The van der Waals surface area contributed by atoms with Crippen molar-refractivity contribution in [2.45, 2.75) is 45.4 Å². The minimum absolute atomic E-state index is 0. The maximum absolute atomic E-state index is 12.3. The van der Waals surface area contributed by atoms with Crippen LogP contribution >= 0.6 is 12.4 Å². The Morgan fingerprint density at radius 1 is 1.29 bits per heavy atom. The highest BCUT2D eigenvalue weighted by Gasteiger charge is 2.28. The zero-order chi connectivity index (χ0) is 14.4. The molecule has 0 radical (unpaired) electrons. The third-order valence-corrected chi connectivity index (χ3v) is 3.67. The largest absolute Gasteiger partial charge is 0.445 e. The van der Waals surface area contributed by atoms with Gasteiger partial charge in [-0.1, -0.05) is 30.3 Å². The SMILES string of the molecule is CC(C)N(C(=O)OCc1ccccc1)C1CCNCC1.Cl. The Kier molecular flexibility index (Phi) is 7.54. The number of ether oxygens (including phenoxy) is 1. The maximum atomic E-state index is 12.3. The third kappa shape index (κ3) is 5.21. The number of carbonyl (C=O) groups excluding carboxylic acids is 1. The van der Waals surface area contributed by atoms with Crippen molar-refractivity contribution in [2.75, 3.05) is 13.1 Å². The number of rotatable bonds is 4. The lowest BCUT2D eigenvalue weighted by molar-refractivity contribution is 0.0599. The van der Waals surface area contributed by atoms with Gasteiger partial charge in [-0.05, 0) is 45.3 Å². The van der Waals surface area contributed by atoms with E-state index in [1.165, 1.54) is 0 Å². The summed E-state index contributed by atoms with van der Waals surface area (Å²) in [6.45, 7) is 6.38. The van der Waals surface area contributed by atoms with Gasteiger partial charge in [0.25, 0.3) is 0 Å². The van der Waals surface area contributed by atoms with Crippen LogP contribution in [0.25, 0.3) is 0 Å². The molecule has 0 atom stereocenters. The second-order valence-electron chi connectivity index (χ2n) is 5.52. The Morgan fingerprint density at radius 3 is 2.48 bits per heavy atom. The van der Waals surface area contributed by atoms with Crippen molar-refractivity contribution in [1.29, 1.82) is 0 Å². The Hall–Kier alpha value is -1.26. The van der Waals surface area contributed by atoms with Gasteiger partial charge in [0, 0.05) is 12.1 Å². The van der Waals surface area contributed by atoms with E-state index in [-0.39, 0.29) is 24.5 Å². The molecule has 21 heavy (non-hydrogen) atoms. The molecule has 0 bridgehead atoms. The average Bonchev–Trinajstić information content (AvgIpc) is 2.47. The van der Waals surface area contributed by atoms with Crippen LogP contribution in [0, 0.1) is 0 Å². The molecular weight excluding hydrogens is 288 g/mol. The highest BCUT2D eigenvalue weighted by molar-refractivity contribution is 5.85. The molecule has 4 nitrogen and oxygen atoms in total. The van der Waals surface area contributed by atoms with Gasteiger partial charge in [-0.3, -0.25) is 0 Å². The van der Waals surface area contributed by atoms with E-state index < -0.39 is 0 Å². The number of carbonyl (C=O) groups is 1. The number of benzene rings is 1. The molecule has 0 aromatic heterocycles. The Morgan fingerprint density at radius 2 is 1.90 bits per heavy atom. The first-order valence-corrected chi connectivity index (χ1v) is 7.38. The first-order valence-electron chi connectivity index (χ1n) is 7.38. The number of hydrogen-bond acceptors (Lipinski definition) is 3. The molecule has 2 rings (SSSR count). The predicted molar refractivity (Wildman–Crippen MR) is 86.7 cm³/mol. The Balaban J connectivity index is 0.00000220. The summed E-state index contributed by atoms with van der Waals surface area (Å²) >= 11 is 0. The minimum atomic E-state index is -0.198. The quantitative estimate of drug-likeness (QED) is 0.928. The number of nitrogens with zero attached hydrogens (tertiary/aromatic N) is 1. The summed E-state index contributed by atoms with van der Waals surface area (Å²) in [4.78, 5) is 14.2. The Labute approximate surface area is 133 Å². The number of nitrogens with one attached hydrogen (secondary N) is 1. The fraction of sp³-hybridized carbons (Fsp3) is 0.562. The summed E-state index contributed by atoms with van der Waals surface area (Å²) in [5.74, 6) is 0. The van der Waals surface area contributed by atoms with Gasteiger partial charge in [0.1, 0.15) is 6.61 Å². The molecule has 5 heteroatoms. The van der Waals surface area contributed by atoms with Gasteiger partial charge in [-0.2, -0.15) is 0 Å². The summed E-state index contributed by atoms with van der Waals surface area (Å²) in [7, 11) is 0. The summed E-state index contributed by atoms with van der Waals surface area (Å²) in [5.41, 5.74) is 1.02. The van der Waals surface area contributed by atoms with Crippen LogP contribution in [0.5, 0.6) is 0 Å². The molecular formula is C16H25ClN2O2. The third-order valence-electron chi connectivity index (χ3n) is 3.67. The van der Waals surface area contributed by atoms with Crippen LogP contribution in [0.4, 0.5) is 4.79 Å². The molecule has 0 unspecified atom stereocenters. The van der Waals surface area contributed by atoms with Crippen LogP contribution in [-0.2, 0) is 11.3 Å². The molecule has 1 fully saturated rings. The lowest BCUT2D eigenvalue weighted by atomic mass is 10.0. The van der Waals surface area contributed by atoms with Crippen molar-refractivity contribution in [2.24, 2.45) is 0 Å². The van der Waals surface area contributed by atoms with Crippen LogP contribution in [0.3, 0.4) is 0 Å². The topological polar surface area (TPSA) is 41.6 Å². The van der Waals surface area contributed by atoms with Crippen molar-refractivity contribution >= 4 is 18.5 Å². The summed E-state index contributed by atoms with van der Waals surface area (Å²) in [5, 5.41) is 3.33. The van der Waals surface area contributed by atoms with E-state index >= 15 is 0 Å². The van der Waals surface area contributed by atoms with E-state index in [1.54, 1.807) is 0 Å². The van der Waals surface area contributed by atoms with E-state index in [4.69, 9.17) is 4.74 Å². The molecule has 1 saturated heterocycles. The van der Waals surface area contributed by atoms with Gasteiger partial charge in [-0.15, -0.1) is 12.4 Å². The van der Waals surface area contributed by atoms with E-state index in [1.807, 2.05) is 49.1 Å². The number of piperidine rings is 1. The van der Waals surface area contributed by atoms with Gasteiger partial charge in [0.15, 0.2) is 0 Å². The highest BCUT2D eigenvalue weighted by Crippen LogP contribution is 2.17. The number of amides is 1. The predicted octanol–water partition coefficient (Wildman–Crippen LogP) is 3.21. The first-order chi connectivity index (χ1) is 9.68. The van der Waals surface area contributed by atoms with Crippen LogP contribution in [0.1, 0.15) is 32.3 Å². The standard InChI is InChI=1S/C16H24N2O2.ClH/c1-13(2)18(15-8-10-17-11-9-15)16(19)20-12-14-6-4-3-5-7-14;/h3-7,13,15,17H,8-12H2,1-2H3;1H. The second kappa shape index (κ2) is 8.90. The van der Waals surface area contributed by atoms with Crippen LogP contribution < -0.4 is 5.32 Å². The van der Waals surface area contributed by atoms with E-state index in [0.29, 0.717) is 12.6 Å². The van der Waals surface area contributed by atoms with Crippen LogP contribution in [-0.4, -0.2) is 36.2 Å². The molecule has 0 aliphatic carbocycles. The molecule has 0 saturated carbocycles. The fourth-order valence-corrected chi connectivity index (χ4v) is 2.66. The van der Waals surface area contributed by atoms with Gasteiger partial charge in [0.2, 0.25) is 0 Å². The number of hydrogen-bond donors (Lipinski definition) is 1. The van der Waals surface area contributed by atoms with Crippen LogP contribution in [0.15, 0.2) is 30.3 Å². The molecule has 1 N–H and O–H groups in total. The van der Waals surface area contributed by atoms with Gasteiger partial charge in [-0.25, -0.2) is 4.79 Å². The molecule has 0 spiro atoms. The fourth-order valence-electron chi connectivity index (χ4n) is 2.66. The van der Waals surface area contributed by atoms with Crippen molar-refractivity contribution in [3.63, 3.8) is 0 Å². The minimum Gasteiger partial charge on any atom is -0.445 e. The van der Waals surface area contributed by atoms with Crippen molar-refractivity contribution in [1.82, 2.24) is 10.2 Å². The van der Waals surface area contributed by atoms with Gasteiger partial charge in [0.05, 0.1) is 0 Å². The number of halogens is 1. The first kappa shape index (κ1) is 17.8.